The Hall–Kier alpha value is -1.40. The van der Waals surface area contributed by atoms with Crippen molar-refractivity contribution in [2.75, 3.05) is 40.4 Å². The van der Waals surface area contributed by atoms with Gasteiger partial charge in [0.25, 0.3) is 0 Å². The first-order valence-electron chi connectivity index (χ1n) is 8.63. The lowest BCUT2D eigenvalue weighted by atomic mass is 9.95. The maximum Gasteiger partial charge on any atom is 0.237 e. The van der Waals surface area contributed by atoms with Crippen LogP contribution in [0.3, 0.4) is 0 Å². The van der Waals surface area contributed by atoms with Crippen LogP contribution >= 0.6 is 0 Å². The molecule has 1 atom stereocenters. The van der Waals surface area contributed by atoms with Gasteiger partial charge in [0.05, 0.1) is 25.4 Å². The van der Waals surface area contributed by atoms with E-state index in [0.29, 0.717) is 19.7 Å². The summed E-state index contributed by atoms with van der Waals surface area (Å²) in [6.45, 7) is 6.29. The zero-order chi connectivity index (χ0) is 16.4. The molecule has 1 aliphatic carbocycles. The Morgan fingerprint density at radius 3 is 2.83 bits per heavy atom. The Kier molecular flexibility index (Phi) is 5.02. The van der Waals surface area contributed by atoms with E-state index in [2.05, 4.69) is 18.2 Å². The number of rotatable bonds is 7. The third kappa shape index (κ3) is 4.12. The van der Waals surface area contributed by atoms with Crippen molar-refractivity contribution in [1.82, 2.24) is 19.6 Å². The van der Waals surface area contributed by atoms with Gasteiger partial charge < -0.3 is 14.5 Å². The maximum absolute atomic E-state index is 12.4. The number of aromatic nitrogens is 2. The van der Waals surface area contributed by atoms with Crippen LogP contribution in [0.15, 0.2) is 6.20 Å². The van der Waals surface area contributed by atoms with Gasteiger partial charge in [-0.2, -0.15) is 5.10 Å². The summed E-state index contributed by atoms with van der Waals surface area (Å²) in [6, 6.07) is 0. The zero-order valence-corrected chi connectivity index (χ0v) is 14.5. The van der Waals surface area contributed by atoms with Crippen molar-refractivity contribution >= 4 is 5.91 Å². The van der Waals surface area contributed by atoms with E-state index in [1.165, 1.54) is 18.4 Å². The molecule has 0 saturated heterocycles. The topological polar surface area (TPSA) is 50.6 Å². The van der Waals surface area contributed by atoms with Crippen LogP contribution < -0.4 is 0 Å². The Balaban J connectivity index is 1.70. The molecule has 0 bridgehead atoms. The highest BCUT2D eigenvalue weighted by atomic mass is 16.5. The number of nitrogens with zero attached hydrogens (tertiary/aromatic N) is 4. The Morgan fingerprint density at radius 2 is 2.17 bits per heavy atom. The van der Waals surface area contributed by atoms with Crippen molar-refractivity contribution in [3.05, 3.63) is 17.5 Å². The van der Waals surface area contributed by atoms with Gasteiger partial charge >= 0.3 is 0 Å². The van der Waals surface area contributed by atoms with Crippen LogP contribution in [-0.2, 0) is 22.6 Å². The molecular weight excluding hydrogens is 292 g/mol. The highest BCUT2D eigenvalue weighted by Gasteiger charge is 2.31. The van der Waals surface area contributed by atoms with Gasteiger partial charge in [0, 0.05) is 37.4 Å². The highest BCUT2D eigenvalue weighted by Crippen LogP contribution is 2.31. The average Bonchev–Trinajstić information content (AvgIpc) is 3.23. The van der Waals surface area contributed by atoms with E-state index in [1.54, 1.807) is 0 Å². The summed E-state index contributed by atoms with van der Waals surface area (Å²) in [7, 11) is 3.85. The molecule has 6 nitrogen and oxygen atoms in total. The van der Waals surface area contributed by atoms with Crippen molar-refractivity contribution in [2.24, 2.45) is 5.92 Å². The van der Waals surface area contributed by atoms with Crippen LogP contribution in [0, 0.1) is 5.92 Å². The standard InChI is InChI=1S/C17H28N4O2/c1-4-21-8-15-14(12-23-11-13-5-6-13)7-20(9-16(15)18-21)17(22)10-19(2)3/h8,13-14H,4-7,9-12H2,1-3H3. The normalized spacial score (nSPS) is 20.9. The number of fused-ring (bicyclic) bond motifs is 1. The van der Waals surface area contributed by atoms with E-state index in [4.69, 9.17) is 4.74 Å². The lowest BCUT2D eigenvalue weighted by Gasteiger charge is -2.32. The van der Waals surface area contributed by atoms with Gasteiger partial charge in [-0.3, -0.25) is 9.48 Å². The maximum atomic E-state index is 12.4. The minimum absolute atomic E-state index is 0.166. The molecule has 1 unspecified atom stereocenters. The minimum Gasteiger partial charge on any atom is -0.380 e. The lowest BCUT2D eigenvalue weighted by molar-refractivity contribution is -0.133. The zero-order valence-electron chi connectivity index (χ0n) is 14.5. The number of carbonyl (C=O) groups excluding carboxylic acids is 1. The fraction of sp³-hybridized carbons (Fsp3) is 0.765. The summed E-state index contributed by atoms with van der Waals surface area (Å²) in [4.78, 5) is 16.3. The van der Waals surface area contributed by atoms with E-state index in [1.807, 2.05) is 28.6 Å². The van der Waals surface area contributed by atoms with Crippen LogP contribution in [0.1, 0.15) is 36.9 Å². The third-order valence-corrected chi connectivity index (χ3v) is 4.59. The van der Waals surface area contributed by atoms with Crippen molar-refractivity contribution < 1.29 is 9.53 Å². The molecule has 1 aliphatic heterocycles. The third-order valence-electron chi connectivity index (χ3n) is 4.59. The Morgan fingerprint density at radius 1 is 1.39 bits per heavy atom. The monoisotopic (exact) mass is 320 g/mol. The molecule has 0 spiro atoms. The van der Waals surface area contributed by atoms with Gasteiger partial charge in [0.1, 0.15) is 0 Å². The van der Waals surface area contributed by atoms with E-state index in [-0.39, 0.29) is 11.8 Å². The van der Waals surface area contributed by atoms with Gasteiger partial charge in [0.15, 0.2) is 0 Å². The molecule has 1 fully saturated rings. The van der Waals surface area contributed by atoms with Crippen molar-refractivity contribution in [3.8, 4) is 0 Å². The largest absolute Gasteiger partial charge is 0.380 e. The first kappa shape index (κ1) is 16.5. The Bertz CT molecular complexity index is 551. The highest BCUT2D eigenvalue weighted by molar-refractivity contribution is 5.78. The molecule has 1 amide bonds. The molecule has 2 aliphatic rings. The summed E-state index contributed by atoms with van der Waals surface area (Å²) in [6.07, 6.45) is 4.74. The number of amides is 1. The van der Waals surface area contributed by atoms with Gasteiger partial charge in [-0.15, -0.1) is 0 Å². The van der Waals surface area contributed by atoms with Crippen LogP contribution in [0.5, 0.6) is 0 Å². The summed E-state index contributed by atoms with van der Waals surface area (Å²) >= 11 is 0. The molecule has 1 saturated carbocycles. The van der Waals surface area contributed by atoms with Crippen molar-refractivity contribution in [1.29, 1.82) is 0 Å². The number of ether oxygens (including phenoxy) is 1. The van der Waals surface area contributed by atoms with E-state index in [0.717, 1.165) is 31.3 Å². The second kappa shape index (κ2) is 7.01. The first-order valence-corrected chi connectivity index (χ1v) is 8.63. The van der Waals surface area contributed by atoms with Crippen LogP contribution in [0.2, 0.25) is 0 Å². The van der Waals surface area contributed by atoms with Crippen LogP contribution in [0.4, 0.5) is 0 Å². The van der Waals surface area contributed by atoms with Gasteiger partial charge in [-0.05, 0) is 39.8 Å². The molecule has 23 heavy (non-hydrogen) atoms. The Labute approximate surface area is 138 Å². The molecule has 2 heterocycles. The summed E-state index contributed by atoms with van der Waals surface area (Å²) in [5.74, 6) is 1.17. The first-order chi connectivity index (χ1) is 11.1. The van der Waals surface area contributed by atoms with Crippen LogP contribution in [0.25, 0.3) is 0 Å². The minimum atomic E-state index is 0.166. The van der Waals surface area contributed by atoms with Crippen molar-refractivity contribution in [3.63, 3.8) is 0 Å². The SMILES string of the molecule is CCn1cc2c(n1)CN(C(=O)CN(C)C)CC2COCC1CC1. The molecule has 3 rings (SSSR count). The molecule has 0 N–H and O–H groups in total. The number of hydrogen-bond donors (Lipinski definition) is 0. The molecule has 1 aromatic heterocycles. The average molecular weight is 320 g/mol. The number of carbonyl (C=O) groups is 1. The number of hydrogen-bond acceptors (Lipinski definition) is 4. The van der Waals surface area contributed by atoms with Crippen LogP contribution in [-0.4, -0.2) is 65.9 Å². The molecule has 128 valence electrons. The molecule has 1 aromatic rings. The molecular formula is C17H28N4O2. The second-order valence-electron chi connectivity index (χ2n) is 7.08. The summed E-state index contributed by atoms with van der Waals surface area (Å²) in [5, 5.41) is 4.64. The quantitative estimate of drug-likeness (QED) is 0.760. The smallest absolute Gasteiger partial charge is 0.237 e. The van der Waals surface area contributed by atoms with Gasteiger partial charge in [0.2, 0.25) is 5.91 Å². The predicted octanol–water partition coefficient (Wildman–Crippen LogP) is 1.32. The molecule has 0 radical (unpaired) electrons. The molecule has 0 aromatic carbocycles. The van der Waals surface area contributed by atoms with Crippen molar-refractivity contribution in [2.45, 2.75) is 38.8 Å². The number of likely N-dealkylation sites (N-methyl/N-ethyl adjacent to an activating group) is 1. The predicted molar refractivity (Wildman–Crippen MR) is 88.2 cm³/mol. The fourth-order valence-corrected chi connectivity index (χ4v) is 3.08. The van der Waals surface area contributed by atoms with E-state index in [9.17, 15) is 4.79 Å². The lowest BCUT2D eigenvalue weighted by Crippen LogP contribution is -2.43. The van der Waals surface area contributed by atoms with E-state index >= 15 is 0 Å². The number of aryl methyl sites for hydroxylation is 1. The summed E-state index contributed by atoms with van der Waals surface area (Å²) in [5.41, 5.74) is 2.29. The van der Waals surface area contributed by atoms with E-state index < -0.39 is 0 Å². The summed E-state index contributed by atoms with van der Waals surface area (Å²) < 4.78 is 7.89. The fourth-order valence-electron chi connectivity index (χ4n) is 3.08. The second-order valence-corrected chi connectivity index (χ2v) is 7.08. The molecule has 6 heteroatoms. The van der Waals surface area contributed by atoms with Gasteiger partial charge in [-0.25, -0.2) is 0 Å². The van der Waals surface area contributed by atoms with Gasteiger partial charge in [-0.1, -0.05) is 0 Å².